The monoisotopic (exact) mass is 290 g/mol. The standard InChI is InChI=1S/C14H18N4OS/c1-10-6-15-18(7-10)12-4-3-5-17(8-12)14(19)13-9-20-11(2)16-13/h6-7,9,12H,3-5,8H2,1-2H3. The zero-order valence-corrected chi connectivity index (χ0v) is 12.6. The van der Waals surface area contributed by atoms with Crippen molar-refractivity contribution in [2.45, 2.75) is 32.7 Å². The van der Waals surface area contributed by atoms with Crippen molar-refractivity contribution >= 4 is 17.2 Å². The van der Waals surface area contributed by atoms with Crippen LogP contribution in [0.3, 0.4) is 0 Å². The van der Waals surface area contributed by atoms with Crippen LogP contribution in [0.2, 0.25) is 0 Å². The summed E-state index contributed by atoms with van der Waals surface area (Å²) in [6.45, 7) is 5.49. The fourth-order valence-electron chi connectivity index (χ4n) is 2.61. The molecule has 1 fully saturated rings. The van der Waals surface area contributed by atoms with E-state index in [0.717, 1.165) is 36.5 Å². The summed E-state index contributed by atoms with van der Waals surface area (Å²) in [4.78, 5) is 18.6. The van der Waals surface area contributed by atoms with Crippen molar-refractivity contribution in [2.24, 2.45) is 0 Å². The van der Waals surface area contributed by atoms with Crippen molar-refractivity contribution in [3.63, 3.8) is 0 Å². The van der Waals surface area contributed by atoms with Crippen molar-refractivity contribution in [1.29, 1.82) is 0 Å². The average molecular weight is 290 g/mol. The highest BCUT2D eigenvalue weighted by molar-refractivity contribution is 7.09. The van der Waals surface area contributed by atoms with Crippen LogP contribution in [0.5, 0.6) is 0 Å². The average Bonchev–Trinajstić information content (AvgIpc) is 3.07. The summed E-state index contributed by atoms with van der Waals surface area (Å²) < 4.78 is 1.99. The zero-order valence-electron chi connectivity index (χ0n) is 11.7. The van der Waals surface area contributed by atoms with Crippen LogP contribution < -0.4 is 0 Å². The maximum absolute atomic E-state index is 12.4. The molecule has 2 aromatic rings. The van der Waals surface area contributed by atoms with Gasteiger partial charge in [0.2, 0.25) is 0 Å². The van der Waals surface area contributed by atoms with Gasteiger partial charge < -0.3 is 4.90 Å². The highest BCUT2D eigenvalue weighted by Gasteiger charge is 2.26. The number of thiazole rings is 1. The van der Waals surface area contributed by atoms with E-state index in [1.165, 1.54) is 11.3 Å². The molecule has 1 atom stereocenters. The number of carbonyl (C=O) groups excluding carboxylic acids is 1. The molecule has 0 aliphatic carbocycles. The van der Waals surface area contributed by atoms with Crippen molar-refractivity contribution < 1.29 is 4.79 Å². The maximum Gasteiger partial charge on any atom is 0.273 e. The van der Waals surface area contributed by atoms with Gasteiger partial charge >= 0.3 is 0 Å². The number of amides is 1. The van der Waals surface area contributed by atoms with Gasteiger partial charge in [0, 0.05) is 24.7 Å². The van der Waals surface area contributed by atoms with Crippen LogP contribution in [0, 0.1) is 13.8 Å². The SMILES string of the molecule is Cc1cnn(C2CCCN(C(=O)c3csc(C)n3)C2)c1. The normalized spacial score (nSPS) is 19.3. The second-order valence-electron chi connectivity index (χ2n) is 5.30. The molecule has 3 rings (SSSR count). The molecular weight excluding hydrogens is 272 g/mol. The summed E-state index contributed by atoms with van der Waals surface area (Å²) in [6, 6.07) is 0.279. The first-order valence-electron chi connectivity index (χ1n) is 6.85. The molecule has 0 radical (unpaired) electrons. The van der Waals surface area contributed by atoms with Gasteiger partial charge in [-0.2, -0.15) is 5.10 Å². The van der Waals surface area contributed by atoms with Gasteiger partial charge in [-0.15, -0.1) is 11.3 Å². The highest BCUT2D eigenvalue weighted by atomic mass is 32.1. The van der Waals surface area contributed by atoms with E-state index in [1.807, 2.05) is 41.2 Å². The summed E-state index contributed by atoms with van der Waals surface area (Å²) in [5.74, 6) is 0.0444. The first kappa shape index (κ1) is 13.3. The lowest BCUT2D eigenvalue weighted by molar-refractivity contribution is 0.0667. The van der Waals surface area contributed by atoms with Crippen molar-refractivity contribution in [3.05, 3.63) is 34.0 Å². The molecule has 2 aromatic heterocycles. The Kier molecular flexibility index (Phi) is 3.56. The largest absolute Gasteiger partial charge is 0.335 e. The van der Waals surface area contributed by atoms with Crippen LogP contribution in [0.1, 0.15) is 39.9 Å². The predicted molar refractivity (Wildman–Crippen MR) is 78.0 cm³/mol. The first-order valence-corrected chi connectivity index (χ1v) is 7.73. The Labute approximate surface area is 122 Å². The third-order valence-corrected chi connectivity index (χ3v) is 4.40. The van der Waals surface area contributed by atoms with E-state index < -0.39 is 0 Å². The van der Waals surface area contributed by atoms with Gasteiger partial charge in [0.25, 0.3) is 5.91 Å². The predicted octanol–water partition coefficient (Wildman–Crippen LogP) is 2.43. The van der Waals surface area contributed by atoms with E-state index in [0.29, 0.717) is 5.69 Å². The number of hydrogen-bond acceptors (Lipinski definition) is 4. The Hall–Kier alpha value is -1.69. The molecular formula is C14H18N4OS. The second-order valence-corrected chi connectivity index (χ2v) is 6.36. The Morgan fingerprint density at radius 3 is 2.95 bits per heavy atom. The minimum atomic E-state index is 0.0444. The molecule has 0 saturated carbocycles. The van der Waals surface area contributed by atoms with E-state index in [9.17, 15) is 4.79 Å². The Balaban J connectivity index is 1.73. The number of aromatic nitrogens is 3. The van der Waals surface area contributed by atoms with Crippen molar-refractivity contribution in [1.82, 2.24) is 19.7 Å². The third kappa shape index (κ3) is 2.60. The van der Waals surface area contributed by atoms with Gasteiger partial charge in [-0.25, -0.2) is 4.98 Å². The molecule has 106 valence electrons. The van der Waals surface area contributed by atoms with Crippen molar-refractivity contribution in [2.75, 3.05) is 13.1 Å². The Bertz CT molecular complexity index is 618. The van der Waals surface area contributed by atoms with Crippen LogP contribution in [0.25, 0.3) is 0 Å². The zero-order chi connectivity index (χ0) is 14.1. The van der Waals surface area contributed by atoms with E-state index in [1.54, 1.807) is 0 Å². The van der Waals surface area contributed by atoms with E-state index in [2.05, 4.69) is 10.1 Å². The number of rotatable bonds is 2. The molecule has 1 saturated heterocycles. The van der Waals surface area contributed by atoms with Gasteiger partial charge in [0.15, 0.2) is 0 Å². The van der Waals surface area contributed by atoms with Crippen LogP contribution >= 0.6 is 11.3 Å². The molecule has 5 nitrogen and oxygen atoms in total. The maximum atomic E-state index is 12.4. The molecule has 1 unspecified atom stereocenters. The summed E-state index contributed by atoms with van der Waals surface area (Å²) in [7, 11) is 0. The van der Waals surface area contributed by atoms with Crippen LogP contribution in [-0.4, -0.2) is 38.7 Å². The van der Waals surface area contributed by atoms with E-state index >= 15 is 0 Å². The number of likely N-dealkylation sites (tertiary alicyclic amines) is 1. The first-order chi connectivity index (χ1) is 9.63. The quantitative estimate of drug-likeness (QED) is 0.853. The lowest BCUT2D eigenvalue weighted by atomic mass is 10.1. The smallest absolute Gasteiger partial charge is 0.273 e. The minimum absolute atomic E-state index is 0.0444. The lowest BCUT2D eigenvalue weighted by Crippen LogP contribution is -2.41. The van der Waals surface area contributed by atoms with Gasteiger partial charge in [0.05, 0.1) is 17.2 Å². The number of carbonyl (C=O) groups is 1. The molecule has 1 aliphatic rings. The summed E-state index contributed by atoms with van der Waals surface area (Å²) in [6.07, 6.45) is 6.00. The molecule has 0 aromatic carbocycles. The molecule has 1 amide bonds. The molecule has 20 heavy (non-hydrogen) atoms. The van der Waals surface area contributed by atoms with Crippen LogP contribution in [0.4, 0.5) is 0 Å². The van der Waals surface area contributed by atoms with Crippen LogP contribution in [-0.2, 0) is 0 Å². The fraction of sp³-hybridized carbons (Fsp3) is 0.500. The topological polar surface area (TPSA) is 51.0 Å². The van der Waals surface area contributed by atoms with Gasteiger partial charge in [-0.1, -0.05) is 0 Å². The summed E-state index contributed by atoms with van der Waals surface area (Å²) in [5, 5.41) is 7.16. The second kappa shape index (κ2) is 5.36. The van der Waals surface area contributed by atoms with E-state index in [-0.39, 0.29) is 11.9 Å². The van der Waals surface area contributed by atoms with Crippen LogP contribution in [0.15, 0.2) is 17.8 Å². The third-order valence-electron chi connectivity index (χ3n) is 3.63. The highest BCUT2D eigenvalue weighted by Crippen LogP contribution is 2.23. The molecule has 0 bridgehead atoms. The van der Waals surface area contributed by atoms with Gasteiger partial charge in [0.1, 0.15) is 5.69 Å². The summed E-state index contributed by atoms with van der Waals surface area (Å²) in [5.41, 5.74) is 1.73. The molecule has 0 N–H and O–H groups in total. The van der Waals surface area contributed by atoms with E-state index in [4.69, 9.17) is 0 Å². The fourth-order valence-corrected chi connectivity index (χ4v) is 3.20. The lowest BCUT2D eigenvalue weighted by Gasteiger charge is -2.32. The number of hydrogen-bond donors (Lipinski definition) is 0. The molecule has 6 heteroatoms. The minimum Gasteiger partial charge on any atom is -0.335 e. The Morgan fingerprint density at radius 2 is 2.30 bits per heavy atom. The molecule has 0 spiro atoms. The van der Waals surface area contributed by atoms with Gasteiger partial charge in [-0.3, -0.25) is 9.48 Å². The Morgan fingerprint density at radius 1 is 1.45 bits per heavy atom. The summed E-state index contributed by atoms with van der Waals surface area (Å²) >= 11 is 1.52. The number of nitrogens with zero attached hydrogens (tertiary/aromatic N) is 4. The van der Waals surface area contributed by atoms with Gasteiger partial charge in [-0.05, 0) is 32.3 Å². The number of piperidine rings is 1. The number of aryl methyl sites for hydroxylation is 2. The van der Waals surface area contributed by atoms with Crippen molar-refractivity contribution in [3.8, 4) is 0 Å². The molecule has 1 aliphatic heterocycles. The molecule has 3 heterocycles.